The van der Waals surface area contributed by atoms with Gasteiger partial charge in [0.25, 0.3) is 5.56 Å². The third-order valence-electron chi connectivity index (χ3n) is 4.66. The van der Waals surface area contributed by atoms with Crippen LogP contribution in [0, 0.1) is 11.3 Å². The fourth-order valence-electron chi connectivity index (χ4n) is 3.03. The molecule has 158 valence electrons. The highest BCUT2D eigenvalue weighted by Crippen LogP contribution is 2.19. The van der Waals surface area contributed by atoms with Crippen molar-refractivity contribution in [3.63, 3.8) is 0 Å². The fourth-order valence-corrected chi connectivity index (χ4v) is 3.03. The maximum absolute atomic E-state index is 12.3. The van der Waals surface area contributed by atoms with Gasteiger partial charge in [0, 0.05) is 17.7 Å². The Kier molecular flexibility index (Phi) is 8.09. The molecule has 0 radical (unpaired) electrons. The number of anilines is 1. The SMILES string of the molecule is CCCCCOCc1ccccc1C=NNc1nc(-c2ccccc2)c(C#N)c(=O)[nH]1. The average molecular weight is 415 g/mol. The summed E-state index contributed by atoms with van der Waals surface area (Å²) in [4.78, 5) is 19.3. The molecule has 0 unspecified atom stereocenters. The van der Waals surface area contributed by atoms with E-state index >= 15 is 0 Å². The van der Waals surface area contributed by atoms with Crippen molar-refractivity contribution < 1.29 is 4.74 Å². The number of ether oxygens (including phenoxy) is 1. The summed E-state index contributed by atoms with van der Waals surface area (Å²) in [6.45, 7) is 3.41. The van der Waals surface area contributed by atoms with Crippen LogP contribution in [0.15, 0.2) is 64.5 Å². The predicted molar refractivity (Wildman–Crippen MR) is 122 cm³/mol. The van der Waals surface area contributed by atoms with Gasteiger partial charge < -0.3 is 4.74 Å². The molecule has 0 bridgehead atoms. The zero-order chi connectivity index (χ0) is 21.9. The number of hydrazone groups is 1. The molecular weight excluding hydrogens is 390 g/mol. The lowest BCUT2D eigenvalue weighted by atomic mass is 10.1. The van der Waals surface area contributed by atoms with E-state index in [1.165, 1.54) is 0 Å². The molecule has 1 heterocycles. The molecule has 31 heavy (non-hydrogen) atoms. The zero-order valence-electron chi connectivity index (χ0n) is 17.5. The Morgan fingerprint density at radius 2 is 1.94 bits per heavy atom. The van der Waals surface area contributed by atoms with Gasteiger partial charge in [-0.3, -0.25) is 9.78 Å². The second-order valence-corrected chi connectivity index (χ2v) is 6.94. The van der Waals surface area contributed by atoms with Gasteiger partial charge in [-0.15, -0.1) is 0 Å². The molecule has 2 N–H and O–H groups in total. The molecule has 1 aromatic heterocycles. The Morgan fingerprint density at radius 3 is 2.71 bits per heavy atom. The van der Waals surface area contributed by atoms with Crippen molar-refractivity contribution in [3.8, 4) is 17.3 Å². The lowest BCUT2D eigenvalue weighted by Gasteiger charge is -2.08. The van der Waals surface area contributed by atoms with E-state index in [-0.39, 0.29) is 11.5 Å². The third kappa shape index (κ3) is 6.11. The first-order valence-electron chi connectivity index (χ1n) is 10.3. The number of hydrogen-bond donors (Lipinski definition) is 2. The highest BCUT2D eigenvalue weighted by atomic mass is 16.5. The number of nitriles is 1. The zero-order valence-corrected chi connectivity index (χ0v) is 17.5. The number of unbranched alkanes of at least 4 members (excludes halogenated alkanes) is 2. The van der Waals surface area contributed by atoms with Gasteiger partial charge in [-0.1, -0.05) is 74.4 Å². The van der Waals surface area contributed by atoms with Crippen molar-refractivity contribution in [1.82, 2.24) is 9.97 Å². The van der Waals surface area contributed by atoms with Crippen molar-refractivity contribution >= 4 is 12.2 Å². The average Bonchev–Trinajstić information content (AvgIpc) is 2.80. The number of benzene rings is 2. The van der Waals surface area contributed by atoms with Crippen LogP contribution in [-0.4, -0.2) is 22.8 Å². The molecule has 0 saturated heterocycles. The smallest absolute Gasteiger partial charge is 0.270 e. The molecule has 0 fully saturated rings. The third-order valence-corrected chi connectivity index (χ3v) is 4.66. The Labute approximate surface area is 181 Å². The molecule has 7 nitrogen and oxygen atoms in total. The van der Waals surface area contributed by atoms with Gasteiger partial charge in [0.15, 0.2) is 0 Å². The first-order valence-corrected chi connectivity index (χ1v) is 10.3. The van der Waals surface area contributed by atoms with Crippen LogP contribution in [0.5, 0.6) is 0 Å². The number of hydrogen-bond acceptors (Lipinski definition) is 6. The van der Waals surface area contributed by atoms with E-state index in [2.05, 4.69) is 27.4 Å². The Bertz CT molecular complexity index is 1120. The van der Waals surface area contributed by atoms with Gasteiger partial charge >= 0.3 is 0 Å². The number of rotatable bonds is 10. The van der Waals surface area contributed by atoms with Gasteiger partial charge in [0.2, 0.25) is 5.95 Å². The number of nitrogens with one attached hydrogen (secondary N) is 2. The van der Waals surface area contributed by atoms with E-state index in [4.69, 9.17) is 4.74 Å². The maximum atomic E-state index is 12.3. The van der Waals surface area contributed by atoms with Crippen molar-refractivity contribution in [2.45, 2.75) is 32.8 Å². The maximum Gasteiger partial charge on any atom is 0.270 e. The molecule has 3 rings (SSSR count). The Hall–Kier alpha value is -3.76. The van der Waals surface area contributed by atoms with E-state index in [0.717, 1.165) is 37.0 Å². The number of aromatic nitrogens is 2. The quantitative estimate of drug-likeness (QED) is 0.289. The number of aromatic amines is 1. The van der Waals surface area contributed by atoms with Crippen LogP contribution in [0.4, 0.5) is 5.95 Å². The van der Waals surface area contributed by atoms with Crippen LogP contribution >= 0.6 is 0 Å². The highest BCUT2D eigenvalue weighted by Gasteiger charge is 2.12. The number of H-pyrrole nitrogens is 1. The molecule has 3 aromatic rings. The molecule has 7 heteroatoms. The Balaban J connectivity index is 1.74. The first-order chi connectivity index (χ1) is 15.2. The summed E-state index contributed by atoms with van der Waals surface area (Å²) in [6, 6.07) is 18.9. The highest BCUT2D eigenvalue weighted by molar-refractivity contribution is 5.82. The molecule has 2 aromatic carbocycles. The first kappa shape index (κ1) is 21.9. The number of nitrogens with zero attached hydrogens (tertiary/aromatic N) is 3. The lowest BCUT2D eigenvalue weighted by Crippen LogP contribution is -2.16. The van der Waals surface area contributed by atoms with Crippen LogP contribution in [0.25, 0.3) is 11.3 Å². The molecule has 0 aliphatic carbocycles. The van der Waals surface area contributed by atoms with Crippen molar-refractivity contribution in [2.75, 3.05) is 12.0 Å². The minimum absolute atomic E-state index is 0.0358. The largest absolute Gasteiger partial charge is 0.377 e. The summed E-state index contributed by atoms with van der Waals surface area (Å²) < 4.78 is 5.76. The van der Waals surface area contributed by atoms with E-state index in [9.17, 15) is 10.1 Å². The second-order valence-electron chi connectivity index (χ2n) is 6.94. The van der Waals surface area contributed by atoms with Crippen LogP contribution in [0.2, 0.25) is 0 Å². The van der Waals surface area contributed by atoms with E-state index in [0.29, 0.717) is 17.9 Å². The summed E-state index contributed by atoms with van der Waals surface area (Å²) in [7, 11) is 0. The molecular formula is C24H25N5O2. The summed E-state index contributed by atoms with van der Waals surface area (Å²) in [5.41, 5.74) is 5.13. The van der Waals surface area contributed by atoms with Crippen LogP contribution in [-0.2, 0) is 11.3 Å². The second kappa shape index (κ2) is 11.4. The standard InChI is InChI=1S/C24H25N5O2/c1-2-3-9-14-31-17-20-13-8-7-12-19(20)16-26-29-24-27-22(18-10-5-4-6-11-18)21(15-25)23(30)28-24/h4-8,10-13,16H,2-3,9,14,17H2,1H3,(H2,27,28,29,30). The van der Waals surface area contributed by atoms with Crippen molar-refractivity contribution in [2.24, 2.45) is 5.10 Å². The van der Waals surface area contributed by atoms with Crippen molar-refractivity contribution in [3.05, 3.63) is 81.6 Å². The molecule has 0 atom stereocenters. The molecule has 0 amide bonds. The van der Waals surface area contributed by atoms with E-state index in [1.54, 1.807) is 18.3 Å². The minimum Gasteiger partial charge on any atom is -0.377 e. The van der Waals surface area contributed by atoms with Gasteiger partial charge in [0.1, 0.15) is 11.6 Å². The van der Waals surface area contributed by atoms with Gasteiger partial charge in [0.05, 0.1) is 18.5 Å². The Morgan fingerprint density at radius 1 is 1.16 bits per heavy atom. The van der Waals surface area contributed by atoms with Gasteiger partial charge in [-0.25, -0.2) is 10.4 Å². The normalized spacial score (nSPS) is 10.8. The molecule has 0 aliphatic heterocycles. The van der Waals surface area contributed by atoms with Crippen LogP contribution in [0.1, 0.15) is 42.9 Å². The minimum atomic E-state index is -0.519. The summed E-state index contributed by atoms with van der Waals surface area (Å²) in [5, 5.41) is 13.6. The summed E-state index contributed by atoms with van der Waals surface area (Å²) in [6.07, 6.45) is 5.03. The van der Waals surface area contributed by atoms with Crippen LogP contribution in [0.3, 0.4) is 0 Å². The van der Waals surface area contributed by atoms with Gasteiger partial charge in [-0.2, -0.15) is 10.4 Å². The summed E-state index contributed by atoms with van der Waals surface area (Å²) in [5.74, 6) is 0.160. The van der Waals surface area contributed by atoms with Crippen LogP contribution < -0.4 is 11.0 Å². The lowest BCUT2D eigenvalue weighted by molar-refractivity contribution is 0.117. The van der Waals surface area contributed by atoms with E-state index in [1.807, 2.05) is 48.5 Å². The summed E-state index contributed by atoms with van der Waals surface area (Å²) >= 11 is 0. The predicted octanol–water partition coefficient (Wildman–Crippen LogP) is 4.46. The molecule has 0 aliphatic rings. The van der Waals surface area contributed by atoms with Crippen molar-refractivity contribution in [1.29, 1.82) is 5.26 Å². The molecule has 0 saturated carbocycles. The molecule has 0 spiro atoms. The fraction of sp³-hybridized carbons (Fsp3) is 0.250. The monoisotopic (exact) mass is 415 g/mol. The topological polar surface area (TPSA) is 103 Å². The van der Waals surface area contributed by atoms with Gasteiger partial charge in [-0.05, 0) is 12.0 Å². The van der Waals surface area contributed by atoms with E-state index < -0.39 is 5.56 Å².